The van der Waals surface area contributed by atoms with Crippen LogP contribution < -0.4 is 0 Å². The number of aromatic amines is 1. The first-order chi connectivity index (χ1) is 7.70. The number of hydrogen-bond donors (Lipinski definition) is 1. The molecule has 0 spiro atoms. The highest BCUT2D eigenvalue weighted by Gasteiger charge is 2.20. The maximum Gasteiger partial charge on any atom is 0.195 e. The van der Waals surface area contributed by atoms with Crippen LogP contribution in [0.1, 0.15) is 12.7 Å². The molecule has 0 saturated carbocycles. The van der Waals surface area contributed by atoms with Crippen LogP contribution in [0.15, 0.2) is 0 Å². The first-order valence-electron chi connectivity index (χ1n) is 5.66. The molecule has 1 aliphatic heterocycles. The molecule has 2 rings (SSSR count). The fraction of sp³-hybridized carbons (Fsp3) is 0.800. The third-order valence-corrected chi connectivity index (χ3v) is 3.32. The van der Waals surface area contributed by atoms with Gasteiger partial charge >= 0.3 is 0 Å². The Morgan fingerprint density at radius 3 is 3.06 bits per heavy atom. The number of morpholine rings is 1. The molecule has 1 aromatic heterocycles. The van der Waals surface area contributed by atoms with E-state index in [1.807, 2.05) is 11.5 Å². The predicted molar refractivity (Wildman–Crippen MR) is 64.0 cm³/mol. The average molecular weight is 242 g/mol. The minimum absolute atomic E-state index is 0.219. The van der Waals surface area contributed by atoms with Gasteiger partial charge in [-0.1, -0.05) is 6.92 Å². The Kier molecular flexibility index (Phi) is 3.73. The predicted octanol–water partition coefficient (Wildman–Crippen LogP) is 0.970. The molecule has 0 aromatic carbocycles. The lowest BCUT2D eigenvalue weighted by atomic mass is 10.2. The van der Waals surface area contributed by atoms with Gasteiger partial charge in [0.2, 0.25) is 0 Å². The molecule has 1 atom stereocenters. The van der Waals surface area contributed by atoms with E-state index in [0.717, 1.165) is 38.6 Å². The standard InChI is InChI=1S/C10H18N4OS/c1-3-13-4-5-15-9(6-13)7-14-8(2)11-12-10(14)16/h9H,3-7H2,1-2H3,(H,12,16). The van der Waals surface area contributed by atoms with Gasteiger partial charge in [0.25, 0.3) is 0 Å². The molecule has 1 saturated heterocycles. The van der Waals surface area contributed by atoms with Crippen molar-refractivity contribution in [3.63, 3.8) is 0 Å². The zero-order valence-corrected chi connectivity index (χ0v) is 10.6. The average Bonchev–Trinajstić information content (AvgIpc) is 2.61. The summed E-state index contributed by atoms with van der Waals surface area (Å²) in [4.78, 5) is 2.40. The summed E-state index contributed by atoms with van der Waals surface area (Å²) in [6.07, 6.45) is 0.219. The van der Waals surface area contributed by atoms with Crippen molar-refractivity contribution in [1.29, 1.82) is 0 Å². The monoisotopic (exact) mass is 242 g/mol. The van der Waals surface area contributed by atoms with Gasteiger partial charge in [0.05, 0.1) is 19.3 Å². The maximum absolute atomic E-state index is 5.74. The molecule has 90 valence electrons. The summed E-state index contributed by atoms with van der Waals surface area (Å²) < 4.78 is 8.42. The Bertz CT molecular complexity index is 400. The SMILES string of the molecule is CCN1CCOC(Cn2c(C)n[nH]c2=S)C1. The summed E-state index contributed by atoms with van der Waals surface area (Å²) in [5.74, 6) is 0.919. The number of hydrogen-bond acceptors (Lipinski definition) is 4. The normalized spacial score (nSPS) is 22.5. The zero-order valence-electron chi connectivity index (χ0n) is 9.77. The number of rotatable bonds is 3. The molecule has 1 fully saturated rings. The molecule has 1 aromatic rings. The van der Waals surface area contributed by atoms with Crippen molar-refractivity contribution in [2.45, 2.75) is 26.5 Å². The molecular formula is C10H18N4OS. The fourth-order valence-corrected chi connectivity index (χ4v) is 2.25. The second kappa shape index (κ2) is 5.07. The number of aromatic nitrogens is 3. The topological polar surface area (TPSA) is 46.1 Å². The van der Waals surface area contributed by atoms with E-state index in [1.165, 1.54) is 0 Å². The van der Waals surface area contributed by atoms with Gasteiger partial charge in [-0.2, -0.15) is 5.10 Å². The van der Waals surface area contributed by atoms with Crippen molar-refractivity contribution in [1.82, 2.24) is 19.7 Å². The highest BCUT2D eigenvalue weighted by molar-refractivity contribution is 7.71. The van der Waals surface area contributed by atoms with E-state index in [-0.39, 0.29) is 6.10 Å². The van der Waals surface area contributed by atoms with E-state index in [4.69, 9.17) is 17.0 Å². The van der Waals surface area contributed by atoms with Gasteiger partial charge in [0.15, 0.2) is 4.77 Å². The van der Waals surface area contributed by atoms with Crippen LogP contribution in [-0.4, -0.2) is 52.0 Å². The van der Waals surface area contributed by atoms with Gasteiger partial charge in [-0.05, 0) is 25.7 Å². The minimum Gasteiger partial charge on any atom is -0.374 e. The Morgan fingerprint density at radius 2 is 2.44 bits per heavy atom. The van der Waals surface area contributed by atoms with Gasteiger partial charge in [0, 0.05) is 13.1 Å². The number of aryl methyl sites for hydroxylation is 1. The molecule has 1 aliphatic rings. The minimum atomic E-state index is 0.219. The fourth-order valence-electron chi connectivity index (χ4n) is 1.99. The summed E-state index contributed by atoms with van der Waals surface area (Å²) in [6.45, 7) is 8.81. The second-order valence-electron chi connectivity index (χ2n) is 4.07. The molecule has 0 amide bonds. The van der Waals surface area contributed by atoms with Crippen LogP contribution in [-0.2, 0) is 11.3 Å². The van der Waals surface area contributed by atoms with Crippen LogP contribution in [0.2, 0.25) is 0 Å². The lowest BCUT2D eigenvalue weighted by molar-refractivity contribution is -0.0347. The summed E-state index contributed by atoms with van der Waals surface area (Å²) in [5, 5.41) is 6.90. The summed E-state index contributed by atoms with van der Waals surface area (Å²) in [6, 6.07) is 0. The third kappa shape index (κ3) is 2.50. The third-order valence-electron chi connectivity index (χ3n) is 3.01. The van der Waals surface area contributed by atoms with Crippen LogP contribution in [0.25, 0.3) is 0 Å². The summed E-state index contributed by atoms with van der Waals surface area (Å²) in [7, 11) is 0. The highest BCUT2D eigenvalue weighted by atomic mass is 32.1. The summed E-state index contributed by atoms with van der Waals surface area (Å²) >= 11 is 5.17. The molecule has 1 N–H and O–H groups in total. The van der Waals surface area contributed by atoms with Gasteiger partial charge in [-0.3, -0.25) is 10.00 Å². The Balaban J connectivity index is 2.02. The lowest BCUT2D eigenvalue weighted by Crippen LogP contribution is -2.44. The largest absolute Gasteiger partial charge is 0.374 e. The van der Waals surface area contributed by atoms with Crippen molar-refractivity contribution in [2.24, 2.45) is 0 Å². The van der Waals surface area contributed by atoms with Crippen molar-refractivity contribution in [2.75, 3.05) is 26.2 Å². The first kappa shape index (κ1) is 11.8. The first-order valence-corrected chi connectivity index (χ1v) is 6.07. The van der Waals surface area contributed by atoms with E-state index in [1.54, 1.807) is 0 Å². The van der Waals surface area contributed by atoms with E-state index < -0.39 is 0 Å². The van der Waals surface area contributed by atoms with E-state index in [2.05, 4.69) is 22.0 Å². The van der Waals surface area contributed by atoms with Gasteiger partial charge in [-0.15, -0.1) is 0 Å². The lowest BCUT2D eigenvalue weighted by Gasteiger charge is -2.32. The van der Waals surface area contributed by atoms with Crippen LogP contribution in [0.3, 0.4) is 0 Å². The smallest absolute Gasteiger partial charge is 0.195 e. The van der Waals surface area contributed by atoms with E-state index in [0.29, 0.717) is 4.77 Å². The zero-order chi connectivity index (χ0) is 11.5. The van der Waals surface area contributed by atoms with Crippen LogP contribution in [0.5, 0.6) is 0 Å². The molecule has 5 nitrogen and oxygen atoms in total. The van der Waals surface area contributed by atoms with E-state index >= 15 is 0 Å². The Hall–Kier alpha value is -0.720. The summed E-state index contributed by atoms with van der Waals surface area (Å²) in [5.41, 5.74) is 0. The molecule has 0 aliphatic carbocycles. The maximum atomic E-state index is 5.74. The number of H-pyrrole nitrogens is 1. The molecule has 0 radical (unpaired) electrons. The van der Waals surface area contributed by atoms with E-state index in [9.17, 15) is 0 Å². The molecular weight excluding hydrogens is 224 g/mol. The molecule has 0 bridgehead atoms. The molecule has 1 unspecified atom stereocenters. The van der Waals surface area contributed by atoms with Crippen molar-refractivity contribution in [3.05, 3.63) is 10.6 Å². The second-order valence-corrected chi connectivity index (χ2v) is 4.46. The highest BCUT2D eigenvalue weighted by Crippen LogP contribution is 2.08. The van der Waals surface area contributed by atoms with Gasteiger partial charge in [-0.25, -0.2) is 0 Å². The number of ether oxygens (including phenoxy) is 1. The molecule has 16 heavy (non-hydrogen) atoms. The molecule has 2 heterocycles. The van der Waals surface area contributed by atoms with Crippen molar-refractivity contribution < 1.29 is 4.74 Å². The Morgan fingerprint density at radius 1 is 1.62 bits per heavy atom. The van der Waals surface area contributed by atoms with Gasteiger partial charge in [0.1, 0.15) is 5.82 Å². The van der Waals surface area contributed by atoms with Crippen molar-refractivity contribution >= 4 is 12.2 Å². The quantitative estimate of drug-likeness (QED) is 0.802. The Labute approximate surface area is 100 Å². The van der Waals surface area contributed by atoms with Crippen LogP contribution in [0.4, 0.5) is 0 Å². The number of nitrogens with one attached hydrogen (secondary N) is 1. The van der Waals surface area contributed by atoms with Gasteiger partial charge < -0.3 is 9.30 Å². The van der Waals surface area contributed by atoms with Crippen LogP contribution >= 0.6 is 12.2 Å². The number of nitrogens with zero attached hydrogens (tertiary/aromatic N) is 3. The van der Waals surface area contributed by atoms with Crippen LogP contribution in [0, 0.1) is 11.7 Å². The number of likely N-dealkylation sites (N-methyl/N-ethyl adjacent to an activating group) is 1. The molecule has 6 heteroatoms. The van der Waals surface area contributed by atoms with Crippen molar-refractivity contribution in [3.8, 4) is 0 Å².